The molecule has 172 valence electrons. The molecule has 3 N–H and O–H groups in total. The molecule has 1 amide bonds. The zero-order valence-corrected chi connectivity index (χ0v) is 19.2. The van der Waals surface area contributed by atoms with E-state index >= 15 is 0 Å². The van der Waals surface area contributed by atoms with E-state index in [-0.39, 0.29) is 6.42 Å². The third-order valence-electron chi connectivity index (χ3n) is 5.54. The van der Waals surface area contributed by atoms with E-state index in [0.29, 0.717) is 19.3 Å². The highest BCUT2D eigenvalue weighted by Crippen LogP contribution is 2.27. The average molecular weight is 440 g/mol. The molecule has 0 aromatic heterocycles. The van der Waals surface area contributed by atoms with Gasteiger partial charge in [0.1, 0.15) is 6.04 Å². The van der Waals surface area contributed by atoms with Gasteiger partial charge in [0.25, 0.3) is 0 Å². The lowest BCUT2D eigenvalue weighted by atomic mass is 9.86. The standard InChI is InChI=1S/C26H33NO5/c1-17-9-7-12-19(15-17)21-14-6-5-10-18(21)11-8-13-20(16-22(28)29)24(30)27-23(25(31)32)26(2,3)4/h5-7,9-10,12,14-15,20,23H,8,11,13,16H2,1-4H3,(H,27,30)(H,28,29)(H,31,32). The summed E-state index contributed by atoms with van der Waals surface area (Å²) in [5.41, 5.74) is 3.85. The van der Waals surface area contributed by atoms with Crippen molar-refractivity contribution < 1.29 is 24.6 Å². The molecule has 6 heteroatoms. The molecule has 2 aromatic carbocycles. The van der Waals surface area contributed by atoms with Crippen molar-refractivity contribution in [2.75, 3.05) is 0 Å². The summed E-state index contributed by atoms with van der Waals surface area (Å²) in [6.45, 7) is 7.21. The molecule has 0 saturated carbocycles. The molecule has 0 aliphatic heterocycles. The van der Waals surface area contributed by atoms with Crippen molar-refractivity contribution in [3.8, 4) is 11.1 Å². The number of carbonyl (C=O) groups is 3. The lowest BCUT2D eigenvalue weighted by molar-refractivity contribution is -0.146. The van der Waals surface area contributed by atoms with Crippen molar-refractivity contribution in [3.63, 3.8) is 0 Å². The minimum absolute atomic E-state index is 0.332. The zero-order chi connectivity index (χ0) is 23.9. The summed E-state index contributed by atoms with van der Waals surface area (Å²) in [6.07, 6.45) is 1.33. The Morgan fingerprint density at radius 3 is 2.28 bits per heavy atom. The van der Waals surface area contributed by atoms with Gasteiger partial charge in [-0.3, -0.25) is 9.59 Å². The fourth-order valence-corrected chi connectivity index (χ4v) is 3.82. The summed E-state index contributed by atoms with van der Waals surface area (Å²) in [5, 5.41) is 21.3. The number of hydrogen-bond acceptors (Lipinski definition) is 3. The molecule has 0 aliphatic rings. The lowest BCUT2D eigenvalue weighted by Gasteiger charge is -2.29. The van der Waals surface area contributed by atoms with Gasteiger partial charge in [0.05, 0.1) is 6.42 Å². The van der Waals surface area contributed by atoms with Gasteiger partial charge >= 0.3 is 11.9 Å². The third kappa shape index (κ3) is 7.22. The van der Waals surface area contributed by atoms with Crippen LogP contribution in [-0.2, 0) is 20.8 Å². The molecule has 0 bridgehead atoms. The van der Waals surface area contributed by atoms with Gasteiger partial charge in [0, 0.05) is 5.92 Å². The van der Waals surface area contributed by atoms with E-state index in [1.54, 1.807) is 20.8 Å². The van der Waals surface area contributed by atoms with Gasteiger partial charge < -0.3 is 15.5 Å². The van der Waals surface area contributed by atoms with Crippen molar-refractivity contribution in [1.82, 2.24) is 5.32 Å². The highest BCUT2D eigenvalue weighted by molar-refractivity contribution is 5.87. The van der Waals surface area contributed by atoms with Gasteiger partial charge in [-0.05, 0) is 48.3 Å². The number of carbonyl (C=O) groups excluding carboxylic acids is 1. The summed E-state index contributed by atoms with van der Waals surface area (Å²) < 4.78 is 0. The number of nitrogens with one attached hydrogen (secondary N) is 1. The zero-order valence-electron chi connectivity index (χ0n) is 19.2. The van der Waals surface area contributed by atoms with E-state index in [0.717, 1.165) is 16.7 Å². The van der Waals surface area contributed by atoms with Crippen LogP contribution in [0.2, 0.25) is 0 Å². The van der Waals surface area contributed by atoms with Crippen LogP contribution in [0.3, 0.4) is 0 Å². The largest absolute Gasteiger partial charge is 0.481 e. The third-order valence-corrected chi connectivity index (χ3v) is 5.54. The fraction of sp³-hybridized carbons (Fsp3) is 0.423. The number of hydrogen-bond donors (Lipinski definition) is 3. The fourth-order valence-electron chi connectivity index (χ4n) is 3.82. The van der Waals surface area contributed by atoms with Crippen molar-refractivity contribution in [3.05, 3.63) is 59.7 Å². The number of amides is 1. The monoisotopic (exact) mass is 439 g/mol. The van der Waals surface area contributed by atoms with E-state index in [1.165, 1.54) is 5.56 Å². The highest BCUT2D eigenvalue weighted by Gasteiger charge is 2.34. The maximum Gasteiger partial charge on any atom is 0.326 e. The Labute approximate surface area is 189 Å². The molecular weight excluding hydrogens is 406 g/mol. The van der Waals surface area contributed by atoms with Crippen molar-refractivity contribution >= 4 is 17.8 Å². The first-order valence-corrected chi connectivity index (χ1v) is 10.9. The Hall–Kier alpha value is -3.15. The Balaban J connectivity index is 2.11. The smallest absolute Gasteiger partial charge is 0.326 e. The minimum atomic E-state index is -1.13. The Bertz CT molecular complexity index is 961. The van der Waals surface area contributed by atoms with Crippen molar-refractivity contribution in [2.24, 2.45) is 11.3 Å². The number of rotatable bonds is 10. The number of aryl methyl sites for hydroxylation is 2. The second-order valence-electron chi connectivity index (χ2n) is 9.36. The van der Waals surface area contributed by atoms with Gasteiger partial charge in [-0.1, -0.05) is 74.9 Å². The number of carboxylic acid groups (broad SMARTS) is 2. The first-order valence-electron chi connectivity index (χ1n) is 10.9. The Kier molecular flexibility index (Phi) is 8.58. The molecule has 32 heavy (non-hydrogen) atoms. The van der Waals surface area contributed by atoms with Crippen LogP contribution in [0.5, 0.6) is 0 Å². The SMILES string of the molecule is Cc1cccc(-c2ccccc2CCCC(CC(=O)O)C(=O)NC(C(=O)O)C(C)(C)C)c1. The molecule has 0 radical (unpaired) electrons. The first kappa shape index (κ1) is 25.1. The maximum atomic E-state index is 12.8. The second kappa shape index (κ2) is 10.9. The van der Waals surface area contributed by atoms with Gasteiger partial charge in [-0.15, -0.1) is 0 Å². The van der Waals surface area contributed by atoms with E-state index in [4.69, 9.17) is 0 Å². The van der Waals surface area contributed by atoms with Gasteiger partial charge in [-0.25, -0.2) is 4.79 Å². The van der Waals surface area contributed by atoms with E-state index in [9.17, 15) is 24.6 Å². The molecule has 0 fully saturated rings. The maximum absolute atomic E-state index is 12.8. The molecule has 2 unspecified atom stereocenters. The molecule has 0 spiro atoms. The van der Waals surface area contributed by atoms with Gasteiger partial charge in [-0.2, -0.15) is 0 Å². The number of benzene rings is 2. The van der Waals surface area contributed by atoms with Crippen LogP contribution in [0.15, 0.2) is 48.5 Å². The normalized spacial score (nSPS) is 13.2. The van der Waals surface area contributed by atoms with Crippen LogP contribution in [0.4, 0.5) is 0 Å². The van der Waals surface area contributed by atoms with Crippen LogP contribution in [-0.4, -0.2) is 34.1 Å². The molecule has 2 aromatic rings. The molecule has 0 heterocycles. The second-order valence-corrected chi connectivity index (χ2v) is 9.36. The number of aliphatic carboxylic acids is 2. The number of carboxylic acids is 2. The molecule has 2 atom stereocenters. The summed E-state index contributed by atoms with van der Waals surface area (Å²) in [6, 6.07) is 15.2. The first-order chi connectivity index (χ1) is 15.0. The van der Waals surface area contributed by atoms with E-state index in [1.807, 2.05) is 37.3 Å². The molecule has 0 aliphatic carbocycles. The summed E-state index contributed by atoms with van der Waals surface area (Å²) in [4.78, 5) is 35.7. The van der Waals surface area contributed by atoms with E-state index < -0.39 is 35.2 Å². The van der Waals surface area contributed by atoms with Crippen LogP contribution in [0.1, 0.15) is 51.2 Å². The topological polar surface area (TPSA) is 104 Å². The van der Waals surface area contributed by atoms with Crippen LogP contribution >= 0.6 is 0 Å². The molecular formula is C26H33NO5. The van der Waals surface area contributed by atoms with Gasteiger partial charge in [0.15, 0.2) is 0 Å². The summed E-state index contributed by atoms with van der Waals surface area (Å²) in [5.74, 6) is -3.52. The van der Waals surface area contributed by atoms with Crippen LogP contribution in [0.25, 0.3) is 11.1 Å². The van der Waals surface area contributed by atoms with E-state index in [2.05, 4.69) is 23.5 Å². The van der Waals surface area contributed by atoms with Crippen LogP contribution in [0, 0.1) is 18.3 Å². The van der Waals surface area contributed by atoms with Gasteiger partial charge in [0.2, 0.25) is 5.91 Å². The summed E-state index contributed by atoms with van der Waals surface area (Å²) >= 11 is 0. The molecule has 0 saturated heterocycles. The van der Waals surface area contributed by atoms with Crippen molar-refractivity contribution in [2.45, 2.75) is 59.4 Å². The lowest BCUT2D eigenvalue weighted by Crippen LogP contribution is -2.51. The minimum Gasteiger partial charge on any atom is -0.481 e. The highest BCUT2D eigenvalue weighted by atomic mass is 16.4. The average Bonchev–Trinajstić information content (AvgIpc) is 2.70. The van der Waals surface area contributed by atoms with Crippen LogP contribution < -0.4 is 5.32 Å². The predicted molar refractivity (Wildman–Crippen MR) is 124 cm³/mol. The predicted octanol–water partition coefficient (Wildman–Crippen LogP) is 4.69. The Morgan fingerprint density at radius 1 is 1.00 bits per heavy atom. The molecule has 2 rings (SSSR count). The molecule has 6 nitrogen and oxygen atoms in total. The quantitative estimate of drug-likeness (QED) is 0.498. The Morgan fingerprint density at radius 2 is 1.69 bits per heavy atom. The van der Waals surface area contributed by atoms with Crippen molar-refractivity contribution in [1.29, 1.82) is 0 Å². The summed E-state index contributed by atoms with van der Waals surface area (Å²) in [7, 11) is 0.